The SMILES string of the molecule is O=[N+]([O-])c1ccc(Cl)nc1Nc1ccccc1N1CCOCC1F. The van der Waals surface area contributed by atoms with Gasteiger partial charge >= 0.3 is 5.69 Å². The van der Waals surface area contributed by atoms with E-state index in [4.69, 9.17) is 16.3 Å². The van der Waals surface area contributed by atoms with E-state index >= 15 is 0 Å². The summed E-state index contributed by atoms with van der Waals surface area (Å²) in [5.74, 6) is 0.00335. The Labute approximate surface area is 142 Å². The van der Waals surface area contributed by atoms with E-state index in [1.54, 1.807) is 29.2 Å². The van der Waals surface area contributed by atoms with Crippen molar-refractivity contribution in [2.24, 2.45) is 0 Å². The molecule has 2 aromatic rings. The van der Waals surface area contributed by atoms with Gasteiger partial charge in [0.15, 0.2) is 6.30 Å². The Hall–Kier alpha value is -2.45. The van der Waals surface area contributed by atoms with Gasteiger partial charge in [-0.25, -0.2) is 9.37 Å². The molecule has 2 heterocycles. The molecule has 1 aromatic carbocycles. The van der Waals surface area contributed by atoms with Gasteiger partial charge in [-0.2, -0.15) is 0 Å². The predicted octanol–water partition coefficient (Wildman–Crippen LogP) is 3.52. The lowest BCUT2D eigenvalue weighted by Crippen LogP contribution is -2.43. The summed E-state index contributed by atoms with van der Waals surface area (Å²) >= 11 is 5.84. The predicted molar refractivity (Wildman–Crippen MR) is 88.7 cm³/mol. The van der Waals surface area contributed by atoms with Crippen LogP contribution in [0.15, 0.2) is 36.4 Å². The van der Waals surface area contributed by atoms with Gasteiger partial charge in [-0.15, -0.1) is 0 Å². The molecule has 1 fully saturated rings. The van der Waals surface area contributed by atoms with Crippen molar-refractivity contribution in [3.8, 4) is 0 Å². The van der Waals surface area contributed by atoms with E-state index in [9.17, 15) is 14.5 Å². The van der Waals surface area contributed by atoms with Gasteiger partial charge in [0, 0.05) is 12.6 Å². The first kappa shape index (κ1) is 16.4. The third kappa shape index (κ3) is 3.39. The molecule has 1 aliphatic heterocycles. The van der Waals surface area contributed by atoms with Crippen LogP contribution in [0.1, 0.15) is 0 Å². The standard InChI is InChI=1S/C15H14ClFN4O3/c16-13-6-5-12(21(22)23)15(19-13)18-10-3-1-2-4-11(10)20-7-8-24-9-14(20)17/h1-6,14H,7-9H2,(H,18,19). The third-order valence-electron chi connectivity index (χ3n) is 3.57. The van der Waals surface area contributed by atoms with Crippen molar-refractivity contribution in [2.75, 3.05) is 30.0 Å². The molecule has 1 aliphatic rings. The Morgan fingerprint density at radius 1 is 1.38 bits per heavy atom. The van der Waals surface area contributed by atoms with Crippen LogP contribution in [0.5, 0.6) is 0 Å². The first-order valence-electron chi connectivity index (χ1n) is 7.21. The summed E-state index contributed by atoms with van der Waals surface area (Å²) in [6.07, 6.45) is -1.29. The number of alkyl halides is 1. The molecular weight excluding hydrogens is 339 g/mol. The lowest BCUT2D eigenvalue weighted by molar-refractivity contribution is -0.384. The first-order valence-corrected chi connectivity index (χ1v) is 7.59. The number of aromatic nitrogens is 1. The Bertz CT molecular complexity index is 761. The van der Waals surface area contributed by atoms with E-state index in [0.29, 0.717) is 24.5 Å². The van der Waals surface area contributed by atoms with Gasteiger partial charge < -0.3 is 15.0 Å². The summed E-state index contributed by atoms with van der Waals surface area (Å²) in [6, 6.07) is 9.56. The smallest absolute Gasteiger partial charge is 0.311 e. The maximum Gasteiger partial charge on any atom is 0.311 e. The minimum Gasteiger partial charge on any atom is -0.375 e. The second-order valence-electron chi connectivity index (χ2n) is 5.10. The van der Waals surface area contributed by atoms with Crippen LogP contribution in [0.3, 0.4) is 0 Å². The van der Waals surface area contributed by atoms with Crippen molar-refractivity contribution in [2.45, 2.75) is 6.30 Å². The summed E-state index contributed by atoms with van der Waals surface area (Å²) in [4.78, 5) is 16.1. The van der Waals surface area contributed by atoms with Gasteiger partial charge in [-0.1, -0.05) is 23.7 Å². The quantitative estimate of drug-likeness (QED) is 0.392. The van der Waals surface area contributed by atoms with Crippen LogP contribution in [0.2, 0.25) is 5.15 Å². The van der Waals surface area contributed by atoms with Crippen LogP contribution >= 0.6 is 11.6 Å². The van der Waals surface area contributed by atoms with Crippen molar-refractivity contribution < 1.29 is 14.1 Å². The van der Waals surface area contributed by atoms with Gasteiger partial charge in [0.2, 0.25) is 5.82 Å². The molecule has 3 rings (SSSR count). The van der Waals surface area contributed by atoms with E-state index in [1.807, 2.05) is 0 Å². The normalized spacial score (nSPS) is 17.6. The minimum atomic E-state index is -1.29. The maximum absolute atomic E-state index is 14.2. The van der Waals surface area contributed by atoms with E-state index in [1.165, 1.54) is 12.1 Å². The number of pyridine rings is 1. The van der Waals surface area contributed by atoms with Crippen molar-refractivity contribution in [3.63, 3.8) is 0 Å². The zero-order chi connectivity index (χ0) is 17.1. The number of nitro groups is 1. The highest BCUT2D eigenvalue weighted by Gasteiger charge is 2.25. The van der Waals surface area contributed by atoms with Crippen LogP contribution in [-0.2, 0) is 4.74 Å². The first-order chi connectivity index (χ1) is 11.6. The third-order valence-corrected chi connectivity index (χ3v) is 3.78. The molecule has 0 spiro atoms. The molecule has 0 aliphatic carbocycles. The zero-order valence-electron chi connectivity index (χ0n) is 12.5. The number of anilines is 3. The molecule has 1 atom stereocenters. The van der Waals surface area contributed by atoms with Crippen molar-refractivity contribution in [1.29, 1.82) is 0 Å². The highest BCUT2D eigenvalue weighted by Crippen LogP contribution is 2.34. The number of ether oxygens (including phenoxy) is 1. The van der Waals surface area contributed by atoms with Crippen LogP contribution in [-0.4, -0.2) is 36.0 Å². The molecule has 1 N–H and O–H groups in total. The highest BCUT2D eigenvalue weighted by atomic mass is 35.5. The number of nitrogens with zero attached hydrogens (tertiary/aromatic N) is 3. The second kappa shape index (κ2) is 6.98. The van der Waals surface area contributed by atoms with Crippen LogP contribution in [0.4, 0.5) is 27.3 Å². The van der Waals surface area contributed by atoms with Crippen LogP contribution < -0.4 is 10.2 Å². The molecule has 0 amide bonds. The lowest BCUT2D eigenvalue weighted by Gasteiger charge is -2.33. The number of halogens is 2. The molecule has 1 unspecified atom stereocenters. The second-order valence-corrected chi connectivity index (χ2v) is 5.49. The molecule has 0 bridgehead atoms. The summed E-state index contributed by atoms with van der Waals surface area (Å²) in [6.45, 7) is 0.763. The summed E-state index contributed by atoms with van der Waals surface area (Å²) < 4.78 is 19.3. The number of morpholine rings is 1. The van der Waals surface area contributed by atoms with E-state index in [-0.39, 0.29) is 23.3 Å². The maximum atomic E-state index is 14.2. The highest BCUT2D eigenvalue weighted by molar-refractivity contribution is 6.29. The Kier molecular flexibility index (Phi) is 4.77. The molecule has 0 radical (unpaired) electrons. The lowest BCUT2D eigenvalue weighted by atomic mass is 10.2. The Morgan fingerprint density at radius 2 is 2.17 bits per heavy atom. The van der Waals surface area contributed by atoms with Crippen LogP contribution in [0, 0.1) is 10.1 Å². The average Bonchev–Trinajstić information content (AvgIpc) is 2.56. The number of hydrogen-bond acceptors (Lipinski definition) is 6. The number of para-hydroxylation sites is 2. The van der Waals surface area contributed by atoms with Gasteiger partial charge in [0.25, 0.3) is 0 Å². The van der Waals surface area contributed by atoms with E-state index < -0.39 is 11.2 Å². The summed E-state index contributed by atoms with van der Waals surface area (Å²) in [7, 11) is 0. The minimum absolute atomic E-state index is 0.00335. The largest absolute Gasteiger partial charge is 0.375 e. The fourth-order valence-corrected chi connectivity index (χ4v) is 2.62. The van der Waals surface area contributed by atoms with Gasteiger partial charge in [0.05, 0.1) is 29.5 Å². The molecule has 9 heteroatoms. The number of hydrogen-bond donors (Lipinski definition) is 1. The summed E-state index contributed by atoms with van der Waals surface area (Å²) in [5.41, 5.74) is 0.859. The fraction of sp³-hybridized carbons (Fsp3) is 0.267. The topological polar surface area (TPSA) is 80.5 Å². The number of nitrogens with one attached hydrogen (secondary N) is 1. The monoisotopic (exact) mass is 352 g/mol. The molecule has 1 saturated heterocycles. The number of rotatable bonds is 4. The summed E-state index contributed by atoms with van der Waals surface area (Å²) in [5, 5.41) is 14.2. The van der Waals surface area contributed by atoms with Crippen molar-refractivity contribution in [1.82, 2.24) is 4.98 Å². The fourth-order valence-electron chi connectivity index (χ4n) is 2.47. The average molecular weight is 353 g/mol. The van der Waals surface area contributed by atoms with Gasteiger partial charge in [-0.3, -0.25) is 10.1 Å². The molecular formula is C15H14ClFN4O3. The Balaban J connectivity index is 1.97. The molecule has 7 nitrogen and oxygen atoms in total. The van der Waals surface area contributed by atoms with Crippen LogP contribution in [0.25, 0.3) is 0 Å². The van der Waals surface area contributed by atoms with E-state index in [0.717, 1.165) is 0 Å². The van der Waals surface area contributed by atoms with Gasteiger partial charge in [-0.05, 0) is 18.2 Å². The van der Waals surface area contributed by atoms with Crippen molar-refractivity contribution in [3.05, 3.63) is 51.7 Å². The van der Waals surface area contributed by atoms with Crippen molar-refractivity contribution >= 4 is 34.5 Å². The molecule has 0 saturated carbocycles. The Morgan fingerprint density at radius 3 is 2.92 bits per heavy atom. The van der Waals surface area contributed by atoms with E-state index in [2.05, 4.69) is 10.3 Å². The molecule has 1 aromatic heterocycles. The number of benzene rings is 1. The van der Waals surface area contributed by atoms with Gasteiger partial charge in [0.1, 0.15) is 5.15 Å². The zero-order valence-corrected chi connectivity index (χ0v) is 13.2. The molecule has 126 valence electrons. The molecule has 24 heavy (non-hydrogen) atoms.